The molecule has 100 valence electrons. The third-order valence-electron chi connectivity index (χ3n) is 3.16. The number of methoxy groups -OCH3 is 1. The Balaban J connectivity index is 2.42. The highest BCUT2D eigenvalue weighted by Gasteiger charge is 2.32. The standard InChI is InChI=1S/C13H14N2O4/c1-3-9-6-13(16)14(8-9)11-5-4-10(19-2)7-12(11)15(17)18/h3-5,7,9H,1,6,8H2,2H3. The average molecular weight is 262 g/mol. The van der Waals surface area contributed by atoms with Crippen LogP contribution in [0.1, 0.15) is 6.42 Å². The van der Waals surface area contributed by atoms with Crippen molar-refractivity contribution < 1.29 is 14.5 Å². The molecule has 1 fully saturated rings. The summed E-state index contributed by atoms with van der Waals surface area (Å²) in [5.41, 5.74) is 0.178. The van der Waals surface area contributed by atoms with E-state index in [1.807, 2.05) is 0 Å². The van der Waals surface area contributed by atoms with Gasteiger partial charge in [0.25, 0.3) is 5.69 Å². The first-order valence-electron chi connectivity index (χ1n) is 5.82. The monoisotopic (exact) mass is 262 g/mol. The summed E-state index contributed by atoms with van der Waals surface area (Å²) in [5, 5.41) is 11.1. The summed E-state index contributed by atoms with van der Waals surface area (Å²) in [4.78, 5) is 23.9. The van der Waals surface area contributed by atoms with Crippen molar-refractivity contribution in [3.05, 3.63) is 41.0 Å². The third-order valence-corrected chi connectivity index (χ3v) is 3.16. The molecule has 19 heavy (non-hydrogen) atoms. The second kappa shape index (κ2) is 5.09. The van der Waals surface area contributed by atoms with Crippen LogP contribution < -0.4 is 9.64 Å². The zero-order valence-electron chi connectivity index (χ0n) is 10.5. The molecule has 1 atom stereocenters. The molecule has 0 spiro atoms. The molecule has 1 saturated heterocycles. The molecule has 1 aliphatic heterocycles. The van der Waals surface area contributed by atoms with Gasteiger partial charge in [-0.3, -0.25) is 14.9 Å². The van der Waals surface area contributed by atoms with Crippen molar-refractivity contribution in [3.8, 4) is 5.75 Å². The third kappa shape index (κ3) is 2.42. The maximum absolute atomic E-state index is 11.9. The zero-order valence-corrected chi connectivity index (χ0v) is 10.5. The molecular weight excluding hydrogens is 248 g/mol. The molecule has 1 heterocycles. The Bertz CT molecular complexity index is 541. The van der Waals surface area contributed by atoms with E-state index in [2.05, 4.69) is 6.58 Å². The lowest BCUT2D eigenvalue weighted by Gasteiger charge is -2.16. The van der Waals surface area contributed by atoms with Gasteiger partial charge in [-0.15, -0.1) is 6.58 Å². The summed E-state index contributed by atoms with van der Waals surface area (Å²) in [5.74, 6) is 0.301. The van der Waals surface area contributed by atoms with Crippen LogP contribution in [-0.4, -0.2) is 24.5 Å². The molecule has 1 aromatic rings. The van der Waals surface area contributed by atoms with Crippen molar-refractivity contribution >= 4 is 17.3 Å². The second-order valence-corrected chi connectivity index (χ2v) is 4.32. The number of carbonyl (C=O) groups is 1. The number of benzene rings is 1. The van der Waals surface area contributed by atoms with E-state index in [9.17, 15) is 14.9 Å². The molecule has 1 aliphatic rings. The first-order chi connectivity index (χ1) is 9.06. The molecule has 0 saturated carbocycles. The van der Waals surface area contributed by atoms with Gasteiger partial charge in [-0.1, -0.05) is 6.08 Å². The number of hydrogen-bond donors (Lipinski definition) is 0. The van der Waals surface area contributed by atoms with E-state index in [4.69, 9.17) is 4.74 Å². The summed E-state index contributed by atoms with van der Waals surface area (Å²) in [7, 11) is 1.44. The summed E-state index contributed by atoms with van der Waals surface area (Å²) < 4.78 is 4.97. The van der Waals surface area contributed by atoms with Crippen LogP contribution >= 0.6 is 0 Å². The second-order valence-electron chi connectivity index (χ2n) is 4.32. The van der Waals surface area contributed by atoms with Crippen LogP contribution in [0.15, 0.2) is 30.9 Å². The smallest absolute Gasteiger partial charge is 0.296 e. The number of nitro benzene ring substituents is 1. The number of anilines is 1. The van der Waals surface area contributed by atoms with E-state index < -0.39 is 4.92 Å². The Morgan fingerprint density at radius 3 is 2.84 bits per heavy atom. The molecule has 0 aliphatic carbocycles. The van der Waals surface area contributed by atoms with Crippen molar-refractivity contribution in [1.29, 1.82) is 0 Å². The molecule has 0 N–H and O–H groups in total. The number of ether oxygens (including phenoxy) is 1. The molecule has 0 radical (unpaired) electrons. The van der Waals surface area contributed by atoms with Crippen LogP contribution in [-0.2, 0) is 4.79 Å². The van der Waals surface area contributed by atoms with E-state index in [1.54, 1.807) is 18.2 Å². The van der Waals surface area contributed by atoms with Crippen LogP contribution in [0.3, 0.4) is 0 Å². The normalized spacial score (nSPS) is 18.5. The van der Waals surface area contributed by atoms with Gasteiger partial charge in [0.1, 0.15) is 11.4 Å². The molecule has 2 rings (SSSR count). The average Bonchev–Trinajstić information content (AvgIpc) is 2.79. The first kappa shape index (κ1) is 13.1. The Hall–Kier alpha value is -2.37. The Morgan fingerprint density at radius 1 is 1.58 bits per heavy atom. The van der Waals surface area contributed by atoms with Gasteiger partial charge in [0.15, 0.2) is 0 Å². The Morgan fingerprint density at radius 2 is 2.32 bits per heavy atom. The van der Waals surface area contributed by atoms with E-state index >= 15 is 0 Å². The zero-order chi connectivity index (χ0) is 14.0. The van der Waals surface area contributed by atoms with Crippen LogP contribution in [0.2, 0.25) is 0 Å². The number of nitrogens with zero attached hydrogens (tertiary/aromatic N) is 2. The predicted octanol–water partition coefficient (Wildman–Crippen LogP) is 2.14. The van der Waals surface area contributed by atoms with Gasteiger partial charge in [0.05, 0.1) is 18.1 Å². The lowest BCUT2D eigenvalue weighted by atomic mass is 10.1. The maximum atomic E-state index is 11.9. The molecule has 1 aromatic carbocycles. The Labute approximate surface area is 110 Å². The fourth-order valence-electron chi connectivity index (χ4n) is 2.13. The minimum Gasteiger partial charge on any atom is -0.496 e. The highest BCUT2D eigenvalue weighted by Crippen LogP contribution is 2.35. The molecular formula is C13H14N2O4. The van der Waals surface area contributed by atoms with Crippen LogP contribution in [0, 0.1) is 16.0 Å². The van der Waals surface area contributed by atoms with Gasteiger partial charge in [0.2, 0.25) is 5.91 Å². The predicted molar refractivity (Wildman–Crippen MR) is 70.3 cm³/mol. The minimum atomic E-state index is -0.508. The summed E-state index contributed by atoms with van der Waals surface area (Å²) >= 11 is 0. The number of rotatable bonds is 4. The molecule has 0 bridgehead atoms. The summed E-state index contributed by atoms with van der Waals surface area (Å²) in [6.07, 6.45) is 2.04. The highest BCUT2D eigenvalue weighted by atomic mass is 16.6. The molecule has 1 amide bonds. The van der Waals surface area contributed by atoms with E-state index in [-0.39, 0.29) is 17.5 Å². The quantitative estimate of drug-likeness (QED) is 0.473. The first-order valence-corrected chi connectivity index (χ1v) is 5.82. The maximum Gasteiger partial charge on any atom is 0.296 e. The SMILES string of the molecule is C=CC1CC(=O)N(c2ccc(OC)cc2[N+](=O)[O-])C1. The number of hydrogen-bond acceptors (Lipinski definition) is 4. The molecule has 1 unspecified atom stereocenters. The lowest BCUT2D eigenvalue weighted by Crippen LogP contribution is -2.25. The van der Waals surface area contributed by atoms with Gasteiger partial charge >= 0.3 is 0 Å². The van der Waals surface area contributed by atoms with Gasteiger partial charge < -0.3 is 9.64 Å². The molecule has 6 nitrogen and oxygen atoms in total. The number of nitro groups is 1. The fourth-order valence-corrected chi connectivity index (χ4v) is 2.13. The molecule has 0 aromatic heterocycles. The van der Waals surface area contributed by atoms with Crippen molar-refractivity contribution in [2.45, 2.75) is 6.42 Å². The van der Waals surface area contributed by atoms with Gasteiger partial charge in [-0.25, -0.2) is 0 Å². The lowest BCUT2D eigenvalue weighted by molar-refractivity contribution is -0.384. The van der Waals surface area contributed by atoms with Crippen molar-refractivity contribution in [3.63, 3.8) is 0 Å². The number of carbonyl (C=O) groups excluding carboxylic acids is 1. The van der Waals surface area contributed by atoms with Crippen LogP contribution in [0.25, 0.3) is 0 Å². The van der Waals surface area contributed by atoms with E-state index in [0.717, 1.165) is 0 Å². The fraction of sp³-hybridized carbons (Fsp3) is 0.308. The molecule has 6 heteroatoms. The van der Waals surface area contributed by atoms with Crippen molar-refractivity contribution in [2.24, 2.45) is 5.92 Å². The van der Waals surface area contributed by atoms with E-state index in [1.165, 1.54) is 18.1 Å². The minimum absolute atomic E-state index is 0.0363. The highest BCUT2D eigenvalue weighted by molar-refractivity contribution is 5.98. The number of amides is 1. The van der Waals surface area contributed by atoms with Gasteiger partial charge in [-0.2, -0.15) is 0 Å². The van der Waals surface area contributed by atoms with Gasteiger partial charge in [-0.05, 0) is 12.1 Å². The van der Waals surface area contributed by atoms with Crippen LogP contribution in [0.5, 0.6) is 5.75 Å². The van der Waals surface area contributed by atoms with Gasteiger partial charge in [0, 0.05) is 18.9 Å². The van der Waals surface area contributed by atoms with Crippen molar-refractivity contribution in [2.75, 3.05) is 18.6 Å². The largest absolute Gasteiger partial charge is 0.496 e. The topological polar surface area (TPSA) is 72.7 Å². The summed E-state index contributed by atoms with van der Waals surface area (Å²) in [6, 6.07) is 4.47. The van der Waals surface area contributed by atoms with Crippen molar-refractivity contribution in [1.82, 2.24) is 0 Å². The Kier molecular flexibility index (Phi) is 3.50. The van der Waals surface area contributed by atoms with E-state index in [0.29, 0.717) is 24.4 Å². The van der Waals surface area contributed by atoms with Crippen LogP contribution in [0.4, 0.5) is 11.4 Å². The summed E-state index contributed by atoms with van der Waals surface area (Å²) in [6.45, 7) is 4.08.